The van der Waals surface area contributed by atoms with E-state index in [1.807, 2.05) is 18.2 Å². The molecule has 0 aliphatic heterocycles. The van der Waals surface area contributed by atoms with Gasteiger partial charge in [-0.25, -0.2) is 0 Å². The van der Waals surface area contributed by atoms with Crippen LogP contribution in [-0.4, -0.2) is 34.6 Å². The van der Waals surface area contributed by atoms with Gasteiger partial charge in [-0.3, -0.25) is 0 Å². The number of aliphatic hydroxyl groups excluding tert-OH is 1. The zero-order valence-electron chi connectivity index (χ0n) is 12.3. The molecule has 0 aliphatic carbocycles. The summed E-state index contributed by atoms with van der Waals surface area (Å²) in [5.74, 6) is 1.80. The van der Waals surface area contributed by atoms with Gasteiger partial charge in [0.15, 0.2) is 0 Å². The first kappa shape index (κ1) is 15.3. The van der Waals surface area contributed by atoms with Crippen molar-refractivity contribution in [2.75, 3.05) is 13.2 Å². The van der Waals surface area contributed by atoms with Gasteiger partial charge >= 0.3 is 0 Å². The molecule has 1 aromatic carbocycles. The molecule has 0 amide bonds. The zero-order valence-corrected chi connectivity index (χ0v) is 12.3. The van der Waals surface area contributed by atoms with Crippen LogP contribution in [0, 0.1) is 0 Å². The van der Waals surface area contributed by atoms with Crippen molar-refractivity contribution >= 4 is 0 Å². The molecule has 2 aromatic heterocycles. The van der Waals surface area contributed by atoms with Crippen molar-refractivity contribution in [3.8, 4) is 17.2 Å². The lowest BCUT2D eigenvalue weighted by molar-refractivity contribution is 0.000881. The average molecular weight is 316 g/mol. The second-order valence-corrected chi connectivity index (χ2v) is 4.83. The second kappa shape index (κ2) is 7.57. The van der Waals surface area contributed by atoms with Crippen LogP contribution < -0.4 is 4.74 Å². The third kappa shape index (κ3) is 4.41. The number of hydrogen-bond donors (Lipinski definition) is 1. The molecule has 0 radical (unpaired) electrons. The number of furan rings is 1. The van der Waals surface area contributed by atoms with Gasteiger partial charge in [0, 0.05) is 5.56 Å². The summed E-state index contributed by atoms with van der Waals surface area (Å²) in [5.41, 5.74) is 0.803. The summed E-state index contributed by atoms with van der Waals surface area (Å²) >= 11 is 0. The summed E-state index contributed by atoms with van der Waals surface area (Å²) in [7, 11) is 0. The molecule has 1 atom stereocenters. The van der Waals surface area contributed by atoms with Gasteiger partial charge in [-0.1, -0.05) is 0 Å². The van der Waals surface area contributed by atoms with E-state index in [0.717, 1.165) is 11.3 Å². The molecule has 0 saturated heterocycles. The predicted molar refractivity (Wildman–Crippen MR) is 79.6 cm³/mol. The van der Waals surface area contributed by atoms with E-state index in [0.29, 0.717) is 18.2 Å². The van der Waals surface area contributed by atoms with Crippen molar-refractivity contribution < 1.29 is 23.4 Å². The largest absolute Gasteiger partial charge is 0.491 e. The third-order valence-corrected chi connectivity index (χ3v) is 3.04. The maximum Gasteiger partial charge on any atom is 0.247 e. The normalized spacial score (nSPS) is 12.2. The Morgan fingerprint density at radius 3 is 2.65 bits per heavy atom. The number of aromatic nitrogens is 2. The van der Waals surface area contributed by atoms with Crippen molar-refractivity contribution in [3.05, 3.63) is 54.8 Å². The van der Waals surface area contributed by atoms with E-state index in [9.17, 15) is 5.11 Å². The average Bonchev–Trinajstić information content (AvgIpc) is 3.27. The molecule has 3 aromatic rings. The van der Waals surface area contributed by atoms with Gasteiger partial charge in [0.25, 0.3) is 0 Å². The second-order valence-electron chi connectivity index (χ2n) is 4.83. The number of benzene rings is 1. The topological polar surface area (TPSA) is 90.8 Å². The molecule has 0 fully saturated rings. The summed E-state index contributed by atoms with van der Waals surface area (Å²) in [6.07, 6.45) is 2.13. The predicted octanol–water partition coefficient (Wildman–Crippen LogP) is 2.29. The van der Waals surface area contributed by atoms with Gasteiger partial charge in [-0.2, -0.15) is 0 Å². The fourth-order valence-electron chi connectivity index (χ4n) is 1.92. The van der Waals surface area contributed by atoms with E-state index in [-0.39, 0.29) is 13.2 Å². The number of aliphatic hydroxyl groups is 1. The lowest BCUT2D eigenvalue weighted by Crippen LogP contribution is -2.23. The Kier molecular flexibility index (Phi) is 5.02. The molecular weight excluding hydrogens is 300 g/mol. The molecule has 0 spiro atoms. The Hall–Kier alpha value is -2.64. The first-order valence-electron chi connectivity index (χ1n) is 7.09. The van der Waals surface area contributed by atoms with E-state index in [1.165, 1.54) is 6.39 Å². The zero-order chi connectivity index (χ0) is 15.9. The summed E-state index contributed by atoms with van der Waals surface area (Å²) < 4.78 is 21.1. The highest BCUT2D eigenvalue weighted by atomic mass is 16.5. The SMILES string of the molecule is OC(COCc1ccco1)COc1ccc(-c2nnco2)cc1. The molecular formula is C16H16N2O5. The van der Waals surface area contributed by atoms with E-state index in [2.05, 4.69) is 10.2 Å². The monoisotopic (exact) mass is 316 g/mol. The highest BCUT2D eigenvalue weighted by molar-refractivity contribution is 5.53. The van der Waals surface area contributed by atoms with E-state index < -0.39 is 6.10 Å². The molecule has 7 nitrogen and oxygen atoms in total. The van der Waals surface area contributed by atoms with Crippen LogP contribution in [0.25, 0.3) is 11.5 Å². The maximum atomic E-state index is 9.83. The van der Waals surface area contributed by atoms with Gasteiger partial charge in [-0.15, -0.1) is 10.2 Å². The molecule has 1 unspecified atom stereocenters. The minimum absolute atomic E-state index is 0.137. The van der Waals surface area contributed by atoms with Gasteiger partial charge in [0.2, 0.25) is 12.3 Å². The van der Waals surface area contributed by atoms with Gasteiger partial charge in [0.1, 0.15) is 30.8 Å². The molecule has 0 bridgehead atoms. The maximum absolute atomic E-state index is 9.83. The van der Waals surface area contributed by atoms with Crippen LogP contribution in [0.1, 0.15) is 5.76 Å². The van der Waals surface area contributed by atoms with Crippen molar-refractivity contribution in [1.29, 1.82) is 0 Å². The summed E-state index contributed by atoms with van der Waals surface area (Å²) in [4.78, 5) is 0. The minimum Gasteiger partial charge on any atom is -0.491 e. The van der Waals surface area contributed by atoms with Gasteiger partial charge in [0.05, 0.1) is 12.9 Å². The fourth-order valence-corrected chi connectivity index (χ4v) is 1.92. The van der Waals surface area contributed by atoms with Crippen LogP contribution in [-0.2, 0) is 11.3 Å². The van der Waals surface area contributed by atoms with Crippen molar-refractivity contribution in [1.82, 2.24) is 10.2 Å². The lowest BCUT2D eigenvalue weighted by atomic mass is 10.2. The highest BCUT2D eigenvalue weighted by Gasteiger charge is 2.08. The fraction of sp³-hybridized carbons (Fsp3) is 0.250. The van der Waals surface area contributed by atoms with Crippen molar-refractivity contribution in [3.63, 3.8) is 0 Å². The van der Waals surface area contributed by atoms with Crippen LogP contribution in [0.3, 0.4) is 0 Å². The summed E-state index contributed by atoms with van der Waals surface area (Å²) in [6.45, 7) is 0.627. The molecule has 3 rings (SSSR count). The first-order chi connectivity index (χ1) is 11.3. The molecule has 23 heavy (non-hydrogen) atoms. The Bertz CT molecular complexity index is 680. The van der Waals surface area contributed by atoms with E-state index in [1.54, 1.807) is 24.5 Å². The van der Waals surface area contributed by atoms with Gasteiger partial charge < -0.3 is 23.4 Å². The van der Waals surface area contributed by atoms with Crippen LogP contribution in [0.2, 0.25) is 0 Å². The molecule has 1 N–H and O–H groups in total. The molecule has 0 saturated carbocycles. The van der Waals surface area contributed by atoms with Crippen LogP contribution >= 0.6 is 0 Å². The smallest absolute Gasteiger partial charge is 0.247 e. The quantitative estimate of drug-likeness (QED) is 0.681. The molecule has 0 aliphatic rings. The lowest BCUT2D eigenvalue weighted by Gasteiger charge is -2.12. The van der Waals surface area contributed by atoms with Crippen LogP contribution in [0.4, 0.5) is 0 Å². The minimum atomic E-state index is -0.722. The summed E-state index contributed by atoms with van der Waals surface area (Å²) in [5, 5.41) is 17.3. The molecule has 120 valence electrons. The number of nitrogens with zero attached hydrogens (tertiary/aromatic N) is 2. The highest BCUT2D eigenvalue weighted by Crippen LogP contribution is 2.20. The van der Waals surface area contributed by atoms with Crippen molar-refractivity contribution in [2.45, 2.75) is 12.7 Å². The summed E-state index contributed by atoms with van der Waals surface area (Å²) in [6, 6.07) is 10.8. The van der Waals surface area contributed by atoms with Crippen molar-refractivity contribution in [2.24, 2.45) is 0 Å². The molecule has 7 heteroatoms. The Balaban J connectivity index is 1.41. The van der Waals surface area contributed by atoms with Crippen LogP contribution in [0.5, 0.6) is 5.75 Å². The van der Waals surface area contributed by atoms with Gasteiger partial charge in [-0.05, 0) is 36.4 Å². The third-order valence-electron chi connectivity index (χ3n) is 3.04. The standard InChI is InChI=1S/C16H16N2O5/c19-13(8-20-10-15-2-1-7-21-15)9-22-14-5-3-12(4-6-14)16-18-17-11-23-16/h1-7,11,13,19H,8-10H2. The van der Waals surface area contributed by atoms with E-state index >= 15 is 0 Å². The number of ether oxygens (including phenoxy) is 2. The van der Waals surface area contributed by atoms with E-state index in [4.69, 9.17) is 18.3 Å². The Morgan fingerprint density at radius 2 is 1.96 bits per heavy atom. The molecule has 2 heterocycles. The number of hydrogen-bond acceptors (Lipinski definition) is 7. The Morgan fingerprint density at radius 1 is 1.09 bits per heavy atom. The Labute approximate surface area is 132 Å². The first-order valence-corrected chi connectivity index (χ1v) is 7.09. The number of rotatable bonds is 8. The van der Waals surface area contributed by atoms with Crippen LogP contribution in [0.15, 0.2) is 57.9 Å².